The van der Waals surface area contributed by atoms with Crippen molar-refractivity contribution in [3.05, 3.63) is 64.8 Å². The SMILES string of the molecule is O=C(O)C(=O)O.OC1(c2ccc(Cl)cc2)C[C@H]2CC[C@@H](C1)N2Cc1[nH]nc2ccccc12. The summed E-state index contributed by atoms with van der Waals surface area (Å²) in [7, 11) is 0. The zero-order valence-electron chi connectivity index (χ0n) is 17.2. The molecule has 3 atom stereocenters. The van der Waals surface area contributed by atoms with Crippen molar-refractivity contribution in [3.63, 3.8) is 0 Å². The number of benzene rings is 2. The summed E-state index contributed by atoms with van der Waals surface area (Å²) in [6, 6.07) is 16.7. The number of H-pyrrole nitrogens is 1. The molecule has 2 saturated heterocycles. The van der Waals surface area contributed by atoms with E-state index in [0.717, 1.165) is 43.3 Å². The molecule has 9 heteroatoms. The lowest BCUT2D eigenvalue weighted by atomic mass is 9.80. The maximum atomic E-state index is 11.3. The van der Waals surface area contributed by atoms with E-state index in [1.54, 1.807) is 0 Å². The Kier molecular flexibility index (Phi) is 6.19. The minimum atomic E-state index is -1.82. The van der Waals surface area contributed by atoms with Gasteiger partial charge in [0, 0.05) is 29.0 Å². The molecule has 2 aliphatic heterocycles. The van der Waals surface area contributed by atoms with Crippen LogP contribution in [0, 0.1) is 0 Å². The molecular formula is C23H24ClN3O5. The van der Waals surface area contributed by atoms with Gasteiger partial charge in [-0.2, -0.15) is 5.10 Å². The van der Waals surface area contributed by atoms with Gasteiger partial charge < -0.3 is 15.3 Å². The van der Waals surface area contributed by atoms with Gasteiger partial charge in [-0.1, -0.05) is 41.9 Å². The number of piperidine rings is 1. The van der Waals surface area contributed by atoms with Crippen molar-refractivity contribution in [2.45, 2.75) is 49.9 Å². The smallest absolute Gasteiger partial charge is 0.414 e. The number of fused-ring (bicyclic) bond motifs is 3. The van der Waals surface area contributed by atoms with E-state index in [0.29, 0.717) is 17.1 Å². The van der Waals surface area contributed by atoms with Gasteiger partial charge in [-0.05, 0) is 49.4 Å². The average Bonchev–Trinajstić information content (AvgIpc) is 3.28. The number of para-hydroxylation sites is 1. The molecule has 0 saturated carbocycles. The Morgan fingerprint density at radius 2 is 1.62 bits per heavy atom. The first-order valence-corrected chi connectivity index (χ1v) is 10.8. The number of aliphatic carboxylic acids is 2. The predicted octanol–water partition coefficient (Wildman–Crippen LogP) is 3.39. The molecule has 2 fully saturated rings. The molecule has 8 nitrogen and oxygen atoms in total. The van der Waals surface area contributed by atoms with Crippen molar-refractivity contribution in [2.24, 2.45) is 0 Å². The van der Waals surface area contributed by atoms with E-state index in [4.69, 9.17) is 31.4 Å². The molecule has 2 aromatic carbocycles. The molecule has 1 aromatic heterocycles. The highest BCUT2D eigenvalue weighted by atomic mass is 35.5. The largest absolute Gasteiger partial charge is 0.473 e. The van der Waals surface area contributed by atoms with E-state index in [1.165, 1.54) is 11.1 Å². The summed E-state index contributed by atoms with van der Waals surface area (Å²) in [6.07, 6.45) is 3.84. The molecular weight excluding hydrogens is 434 g/mol. The summed E-state index contributed by atoms with van der Waals surface area (Å²) < 4.78 is 0. The van der Waals surface area contributed by atoms with Gasteiger partial charge in [-0.3, -0.25) is 10.00 Å². The van der Waals surface area contributed by atoms with Crippen molar-refractivity contribution in [1.29, 1.82) is 0 Å². The van der Waals surface area contributed by atoms with Crippen LogP contribution in [0.1, 0.15) is 36.9 Å². The van der Waals surface area contributed by atoms with Crippen LogP contribution in [0.5, 0.6) is 0 Å². The molecule has 0 radical (unpaired) electrons. The zero-order chi connectivity index (χ0) is 22.9. The molecule has 168 valence electrons. The molecule has 1 unspecified atom stereocenters. The quantitative estimate of drug-likeness (QED) is 0.444. The lowest BCUT2D eigenvalue weighted by molar-refractivity contribution is -0.159. The minimum absolute atomic E-state index is 0.400. The van der Waals surface area contributed by atoms with Crippen molar-refractivity contribution in [1.82, 2.24) is 15.1 Å². The predicted molar refractivity (Wildman–Crippen MR) is 118 cm³/mol. The number of aromatic amines is 1. The molecule has 0 spiro atoms. The third-order valence-corrected chi connectivity index (χ3v) is 6.62. The maximum absolute atomic E-state index is 11.3. The highest BCUT2D eigenvalue weighted by Crippen LogP contribution is 2.46. The second-order valence-electron chi connectivity index (χ2n) is 8.33. The number of aliphatic hydroxyl groups is 1. The van der Waals surface area contributed by atoms with Crippen molar-refractivity contribution < 1.29 is 24.9 Å². The van der Waals surface area contributed by atoms with E-state index in [-0.39, 0.29) is 0 Å². The standard InChI is InChI=1S/C21H22ClN3O.C2H2O4/c22-15-7-5-14(6-8-15)21(26)11-16-9-10-17(12-21)25(16)13-20-18-3-1-2-4-19(18)23-24-20;3-1(4)2(5)6/h1-8,16-17,26H,9-13H2,(H,23,24);(H,3,4)(H,5,6)/t16-,17+,21?;. The topological polar surface area (TPSA) is 127 Å². The Balaban J connectivity index is 0.000000363. The Morgan fingerprint density at radius 3 is 2.22 bits per heavy atom. The normalized spacial score (nSPS) is 24.7. The van der Waals surface area contributed by atoms with E-state index < -0.39 is 17.5 Å². The van der Waals surface area contributed by atoms with Gasteiger partial charge in [-0.15, -0.1) is 0 Å². The van der Waals surface area contributed by atoms with Crippen LogP contribution in [0.4, 0.5) is 0 Å². The van der Waals surface area contributed by atoms with Crippen molar-refractivity contribution >= 4 is 34.4 Å². The third-order valence-electron chi connectivity index (χ3n) is 6.36. The molecule has 2 aliphatic rings. The molecule has 3 heterocycles. The fourth-order valence-electron chi connectivity index (χ4n) is 4.89. The van der Waals surface area contributed by atoms with Gasteiger partial charge >= 0.3 is 11.9 Å². The number of nitrogens with one attached hydrogen (secondary N) is 1. The van der Waals surface area contributed by atoms with E-state index in [1.807, 2.05) is 36.4 Å². The fourth-order valence-corrected chi connectivity index (χ4v) is 5.01. The van der Waals surface area contributed by atoms with Gasteiger partial charge in [-0.25, -0.2) is 9.59 Å². The Hall–Kier alpha value is -2.94. The lowest BCUT2D eigenvalue weighted by Crippen LogP contribution is -2.49. The first kappa shape index (κ1) is 22.3. The van der Waals surface area contributed by atoms with Crippen LogP contribution in [0.15, 0.2) is 48.5 Å². The van der Waals surface area contributed by atoms with Gasteiger partial charge in [0.2, 0.25) is 0 Å². The Bertz CT molecular complexity index is 1100. The van der Waals surface area contributed by atoms with Gasteiger partial charge in [0.25, 0.3) is 0 Å². The minimum Gasteiger partial charge on any atom is -0.473 e. The highest BCUT2D eigenvalue weighted by molar-refractivity contribution is 6.30. The van der Waals surface area contributed by atoms with E-state index in [9.17, 15) is 5.11 Å². The molecule has 0 amide bonds. The number of rotatable bonds is 3. The number of halogens is 1. The highest BCUT2D eigenvalue weighted by Gasteiger charge is 2.48. The first-order valence-electron chi connectivity index (χ1n) is 10.4. The summed E-state index contributed by atoms with van der Waals surface area (Å²) in [4.78, 5) is 20.8. The third kappa shape index (κ3) is 4.48. The van der Waals surface area contributed by atoms with Crippen LogP contribution in [-0.2, 0) is 21.7 Å². The summed E-state index contributed by atoms with van der Waals surface area (Å²) in [5, 5.41) is 35.7. The average molecular weight is 458 g/mol. The van der Waals surface area contributed by atoms with E-state index in [2.05, 4.69) is 27.2 Å². The van der Waals surface area contributed by atoms with Gasteiger partial charge in [0.15, 0.2) is 0 Å². The second-order valence-corrected chi connectivity index (χ2v) is 8.77. The number of carbonyl (C=O) groups is 2. The van der Waals surface area contributed by atoms with Crippen LogP contribution in [-0.4, -0.2) is 54.4 Å². The molecule has 32 heavy (non-hydrogen) atoms. The van der Waals surface area contributed by atoms with Crippen molar-refractivity contribution in [2.75, 3.05) is 0 Å². The fraction of sp³-hybridized carbons (Fsp3) is 0.348. The number of hydrogen-bond donors (Lipinski definition) is 4. The Morgan fingerprint density at radius 1 is 1.03 bits per heavy atom. The van der Waals surface area contributed by atoms with Crippen LogP contribution in [0.25, 0.3) is 10.9 Å². The van der Waals surface area contributed by atoms with Crippen LogP contribution < -0.4 is 0 Å². The zero-order valence-corrected chi connectivity index (χ0v) is 18.0. The second kappa shape index (κ2) is 8.90. The summed E-state index contributed by atoms with van der Waals surface area (Å²) >= 11 is 6.02. The molecule has 2 bridgehead atoms. The molecule has 0 aliphatic carbocycles. The van der Waals surface area contributed by atoms with Crippen molar-refractivity contribution in [3.8, 4) is 0 Å². The van der Waals surface area contributed by atoms with Crippen LogP contribution in [0.2, 0.25) is 5.02 Å². The Labute approximate surface area is 189 Å². The number of carboxylic acid groups (broad SMARTS) is 2. The van der Waals surface area contributed by atoms with E-state index >= 15 is 0 Å². The monoisotopic (exact) mass is 457 g/mol. The molecule has 4 N–H and O–H groups in total. The van der Waals surface area contributed by atoms with Crippen LogP contribution >= 0.6 is 11.6 Å². The summed E-state index contributed by atoms with van der Waals surface area (Å²) in [6.45, 7) is 0.868. The summed E-state index contributed by atoms with van der Waals surface area (Å²) in [5.74, 6) is -3.65. The number of hydrogen-bond acceptors (Lipinski definition) is 5. The number of aromatic nitrogens is 2. The number of nitrogens with zero attached hydrogens (tertiary/aromatic N) is 2. The maximum Gasteiger partial charge on any atom is 0.414 e. The lowest BCUT2D eigenvalue weighted by Gasteiger charge is -2.44. The van der Waals surface area contributed by atoms with Gasteiger partial charge in [0.1, 0.15) is 0 Å². The molecule has 3 aromatic rings. The molecule has 5 rings (SSSR count). The van der Waals surface area contributed by atoms with Gasteiger partial charge in [0.05, 0.1) is 16.8 Å². The number of carboxylic acids is 2. The first-order chi connectivity index (χ1) is 15.3. The van der Waals surface area contributed by atoms with Crippen LogP contribution in [0.3, 0.4) is 0 Å². The summed E-state index contributed by atoms with van der Waals surface area (Å²) in [5.41, 5.74) is 2.44.